The van der Waals surface area contributed by atoms with Gasteiger partial charge in [-0.05, 0) is 55.5 Å². The Labute approximate surface area is 195 Å². The molecular weight excluding hydrogens is 414 g/mol. The van der Waals surface area contributed by atoms with Crippen LogP contribution in [0.3, 0.4) is 0 Å². The van der Waals surface area contributed by atoms with Crippen molar-refractivity contribution in [1.29, 1.82) is 10.5 Å². The van der Waals surface area contributed by atoms with Gasteiger partial charge >= 0.3 is 0 Å². The summed E-state index contributed by atoms with van der Waals surface area (Å²) in [7, 11) is 0. The third-order valence-corrected chi connectivity index (χ3v) is 5.89. The fraction of sp³-hybridized carbons (Fsp3) is 0.370. The largest absolute Gasteiger partial charge is 0.490 e. The van der Waals surface area contributed by atoms with Crippen molar-refractivity contribution in [2.24, 2.45) is 5.92 Å². The number of carbonyl (C=O) groups is 1. The van der Waals surface area contributed by atoms with Crippen LogP contribution < -0.4 is 14.8 Å². The molecule has 33 heavy (non-hydrogen) atoms. The molecule has 2 aromatic carbocycles. The minimum Gasteiger partial charge on any atom is -0.490 e. The van der Waals surface area contributed by atoms with Gasteiger partial charge in [0.1, 0.15) is 18.2 Å². The van der Waals surface area contributed by atoms with E-state index in [1.807, 2.05) is 31.2 Å². The normalized spacial score (nSPS) is 18.0. The summed E-state index contributed by atoms with van der Waals surface area (Å²) in [6, 6.07) is 16.8. The lowest BCUT2D eigenvalue weighted by atomic mass is 9.86. The van der Waals surface area contributed by atoms with Crippen molar-refractivity contribution in [2.45, 2.75) is 52.2 Å². The summed E-state index contributed by atoms with van der Waals surface area (Å²) in [6.45, 7) is 4.67. The Kier molecular flexibility index (Phi) is 8.49. The van der Waals surface area contributed by atoms with E-state index in [-0.39, 0.29) is 24.1 Å². The van der Waals surface area contributed by atoms with Crippen LogP contribution in [0.2, 0.25) is 0 Å². The average Bonchev–Trinajstić information content (AvgIpc) is 2.83. The highest BCUT2D eigenvalue weighted by Gasteiger charge is 2.24. The van der Waals surface area contributed by atoms with Crippen molar-refractivity contribution in [2.75, 3.05) is 6.61 Å². The summed E-state index contributed by atoms with van der Waals surface area (Å²) in [5.74, 6) is 1.11. The van der Waals surface area contributed by atoms with Crippen LogP contribution in [0.5, 0.6) is 11.5 Å². The molecule has 0 heterocycles. The lowest BCUT2D eigenvalue weighted by molar-refractivity contribution is -0.118. The van der Waals surface area contributed by atoms with Gasteiger partial charge in [-0.15, -0.1) is 0 Å². The zero-order valence-corrected chi connectivity index (χ0v) is 19.1. The van der Waals surface area contributed by atoms with E-state index in [1.54, 1.807) is 30.3 Å². The van der Waals surface area contributed by atoms with Gasteiger partial charge in [-0.2, -0.15) is 10.5 Å². The molecule has 0 bridgehead atoms. The van der Waals surface area contributed by atoms with Crippen molar-refractivity contribution in [3.63, 3.8) is 0 Å². The molecule has 0 saturated heterocycles. The molecule has 3 rings (SSSR count). The number of hydrogen-bond acceptors (Lipinski definition) is 5. The highest BCUT2D eigenvalue weighted by molar-refractivity contribution is 6.01. The van der Waals surface area contributed by atoms with Crippen LogP contribution in [-0.2, 0) is 11.4 Å². The molecule has 0 aromatic heterocycles. The maximum absolute atomic E-state index is 12.7. The maximum atomic E-state index is 12.7. The number of ether oxygens (including phenoxy) is 2. The van der Waals surface area contributed by atoms with Crippen LogP contribution in [0.15, 0.2) is 48.0 Å². The van der Waals surface area contributed by atoms with Crippen LogP contribution >= 0.6 is 0 Å². The third kappa shape index (κ3) is 6.37. The molecule has 0 radical (unpaired) electrons. The number of nitrogens with zero attached hydrogens (tertiary/aromatic N) is 2. The number of nitriles is 2. The van der Waals surface area contributed by atoms with Gasteiger partial charge in [-0.1, -0.05) is 44.0 Å². The number of carbonyl (C=O) groups excluding carboxylic acids is 1. The molecule has 1 N–H and O–H groups in total. The SMILES string of the molecule is CCOc1cc(/C=C(\C#N)C(=O)N[C@H]2CCCC[C@@H]2C)ccc1OCc1ccccc1C#N. The van der Waals surface area contributed by atoms with Gasteiger partial charge < -0.3 is 14.8 Å². The molecule has 6 nitrogen and oxygen atoms in total. The molecular formula is C27H29N3O3. The van der Waals surface area contributed by atoms with E-state index in [0.717, 1.165) is 24.8 Å². The number of rotatable bonds is 8. The standard InChI is InChI=1S/C27H29N3O3/c1-3-32-26-15-20(12-13-25(26)33-18-22-10-6-5-9-21(22)16-28)14-23(17-29)27(31)30-24-11-7-4-8-19(24)2/h5-6,9-10,12-15,19,24H,3-4,7-8,11,18H2,1-2H3,(H,30,31)/b23-14+/t19-,24-/m0/s1. The van der Waals surface area contributed by atoms with E-state index >= 15 is 0 Å². The predicted molar refractivity (Wildman–Crippen MR) is 126 cm³/mol. The first-order valence-corrected chi connectivity index (χ1v) is 11.4. The van der Waals surface area contributed by atoms with Crippen molar-refractivity contribution in [3.8, 4) is 23.6 Å². The minimum atomic E-state index is -0.345. The third-order valence-electron chi connectivity index (χ3n) is 5.89. The molecule has 1 fully saturated rings. The first-order valence-electron chi connectivity index (χ1n) is 11.4. The Morgan fingerprint density at radius 3 is 2.64 bits per heavy atom. The van der Waals surface area contributed by atoms with E-state index in [2.05, 4.69) is 18.3 Å². The van der Waals surface area contributed by atoms with Gasteiger partial charge in [0.25, 0.3) is 5.91 Å². The Morgan fingerprint density at radius 2 is 1.91 bits per heavy atom. The summed E-state index contributed by atoms with van der Waals surface area (Å²) < 4.78 is 11.7. The van der Waals surface area contributed by atoms with Crippen LogP contribution in [0.25, 0.3) is 6.08 Å². The van der Waals surface area contributed by atoms with Gasteiger partial charge in [0.15, 0.2) is 11.5 Å². The Balaban J connectivity index is 1.76. The molecule has 0 aliphatic heterocycles. The zero-order chi connectivity index (χ0) is 23.6. The Hall–Kier alpha value is -3.77. The van der Waals surface area contributed by atoms with Crippen LogP contribution in [-0.4, -0.2) is 18.6 Å². The monoisotopic (exact) mass is 443 g/mol. The van der Waals surface area contributed by atoms with Crippen LogP contribution in [0.1, 0.15) is 56.2 Å². The quantitative estimate of drug-likeness (QED) is 0.450. The minimum absolute atomic E-state index is 0.0619. The topological polar surface area (TPSA) is 95.1 Å². The molecule has 6 heteroatoms. The lowest BCUT2D eigenvalue weighted by Crippen LogP contribution is -2.41. The van der Waals surface area contributed by atoms with Crippen LogP contribution in [0, 0.1) is 28.6 Å². The molecule has 2 aromatic rings. The maximum Gasteiger partial charge on any atom is 0.262 e. The van der Waals surface area contributed by atoms with E-state index in [0.29, 0.717) is 35.2 Å². The smallest absolute Gasteiger partial charge is 0.262 e. The average molecular weight is 444 g/mol. The van der Waals surface area contributed by atoms with E-state index in [4.69, 9.17) is 9.47 Å². The van der Waals surface area contributed by atoms with Crippen molar-refractivity contribution in [3.05, 3.63) is 64.7 Å². The molecule has 0 unspecified atom stereocenters. The molecule has 170 valence electrons. The second-order valence-electron chi connectivity index (χ2n) is 8.21. The predicted octanol–water partition coefficient (Wildman–Crippen LogP) is 5.14. The lowest BCUT2D eigenvalue weighted by Gasteiger charge is -2.29. The number of amides is 1. The second kappa shape index (κ2) is 11.7. The highest BCUT2D eigenvalue weighted by Crippen LogP contribution is 2.30. The van der Waals surface area contributed by atoms with Crippen molar-refractivity contribution >= 4 is 12.0 Å². The fourth-order valence-corrected chi connectivity index (χ4v) is 4.00. The van der Waals surface area contributed by atoms with Crippen molar-refractivity contribution < 1.29 is 14.3 Å². The molecule has 1 amide bonds. The van der Waals surface area contributed by atoms with Gasteiger partial charge in [0, 0.05) is 11.6 Å². The van der Waals surface area contributed by atoms with Gasteiger partial charge in [-0.3, -0.25) is 4.79 Å². The van der Waals surface area contributed by atoms with E-state index in [1.165, 1.54) is 6.42 Å². The fourth-order valence-electron chi connectivity index (χ4n) is 4.00. The van der Waals surface area contributed by atoms with E-state index in [9.17, 15) is 15.3 Å². The van der Waals surface area contributed by atoms with Crippen molar-refractivity contribution in [1.82, 2.24) is 5.32 Å². The first-order chi connectivity index (χ1) is 16.0. The summed E-state index contributed by atoms with van der Waals surface area (Å²) in [5, 5.41) is 21.9. The second-order valence-corrected chi connectivity index (χ2v) is 8.21. The first kappa shape index (κ1) is 23.9. The molecule has 1 aliphatic rings. The summed E-state index contributed by atoms with van der Waals surface area (Å²) in [5.41, 5.74) is 2.08. The molecule has 2 atom stereocenters. The van der Waals surface area contributed by atoms with Gasteiger partial charge in [-0.25, -0.2) is 0 Å². The van der Waals surface area contributed by atoms with E-state index < -0.39 is 0 Å². The molecule has 1 aliphatic carbocycles. The number of nitrogens with one attached hydrogen (secondary N) is 1. The number of benzene rings is 2. The number of hydrogen-bond donors (Lipinski definition) is 1. The highest BCUT2D eigenvalue weighted by atomic mass is 16.5. The summed E-state index contributed by atoms with van der Waals surface area (Å²) >= 11 is 0. The van der Waals surface area contributed by atoms with Gasteiger partial charge in [0.2, 0.25) is 0 Å². The summed E-state index contributed by atoms with van der Waals surface area (Å²) in [6.07, 6.45) is 5.89. The molecule has 0 spiro atoms. The Morgan fingerprint density at radius 1 is 1.12 bits per heavy atom. The Bertz CT molecular complexity index is 1090. The van der Waals surface area contributed by atoms with Crippen LogP contribution in [0.4, 0.5) is 0 Å². The molecule has 1 saturated carbocycles. The van der Waals surface area contributed by atoms with Gasteiger partial charge in [0.05, 0.1) is 18.2 Å². The zero-order valence-electron chi connectivity index (χ0n) is 19.1. The summed E-state index contributed by atoms with van der Waals surface area (Å²) in [4.78, 5) is 12.7.